The van der Waals surface area contributed by atoms with Gasteiger partial charge in [-0.05, 0) is 37.5 Å². The van der Waals surface area contributed by atoms with Crippen molar-refractivity contribution < 1.29 is 23.6 Å². The lowest BCUT2D eigenvalue weighted by Gasteiger charge is -2.27. The normalized spacial score (nSPS) is 15.0. The van der Waals surface area contributed by atoms with Crippen molar-refractivity contribution in [1.29, 1.82) is 0 Å². The van der Waals surface area contributed by atoms with Gasteiger partial charge in [-0.3, -0.25) is 19.7 Å². The molecule has 3 rings (SSSR count). The maximum Gasteiger partial charge on any atom is 0.317 e. The van der Waals surface area contributed by atoms with Crippen LogP contribution in [-0.2, 0) is 19.7 Å². The molecule has 152 valence electrons. The molecule has 2 aromatic carbocycles. The summed E-state index contributed by atoms with van der Waals surface area (Å²) in [6, 6.07) is 10.2. The molecule has 2 aromatic rings. The number of non-ortho nitro benzene ring substituents is 1. The summed E-state index contributed by atoms with van der Waals surface area (Å²) in [5.41, 5.74) is 0.0440. The number of nitrogens with one attached hydrogen (secondary N) is 1. The van der Waals surface area contributed by atoms with Gasteiger partial charge in [0, 0.05) is 23.4 Å². The molecule has 1 amide bonds. The number of halogens is 1. The van der Waals surface area contributed by atoms with E-state index >= 15 is 0 Å². The third-order valence-corrected chi connectivity index (χ3v) is 5.27. The minimum atomic E-state index is -1.07. The van der Waals surface area contributed by atoms with Gasteiger partial charge in [0.2, 0.25) is 0 Å². The fourth-order valence-corrected chi connectivity index (χ4v) is 3.77. The van der Waals surface area contributed by atoms with Crippen LogP contribution in [-0.4, -0.2) is 23.4 Å². The Morgan fingerprint density at radius 2 is 1.90 bits per heavy atom. The molecule has 7 nitrogen and oxygen atoms in total. The van der Waals surface area contributed by atoms with Crippen molar-refractivity contribution in [2.24, 2.45) is 0 Å². The molecule has 0 unspecified atom stereocenters. The molecular formula is C21H21FN2O5. The zero-order chi connectivity index (χ0) is 21.0. The summed E-state index contributed by atoms with van der Waals surface area (Å²) in [7, 11) is 0. The van der Waals surface area contributed by atoms with E-state index in [1.807, 2.05) is 0 Å². The van der Waals surface area contributed by atoms with Gasteiger partial charge in [0.05, 0.1) is 10.3 Å². The van der Waals surface area contributed by atoms with E-state index in [-0.39, 0.29) is 5.69 Å². The van der Waals surface area contributed by atoms with Gasteiger partial charge in [0.1, 0.15) is 5.82 Å². The van der Waals surface area contributed by atoms with Crippen molar-refractivity contribution in [1.82, 2.24) is 0 Å². The molecule has 1 fully saturated rings. The fourth-order valence-electron chi connectivity index (χ4n) is 3.77. The number of carbonyl (C=O) groups excluding carboxylic acids is 2. The van der Waals surface area contributed by atoms with Crippen LogP contribution in [0.3, 0.4) is 0 Å². The summed E-state index contributed by atoms with van der Waals surface area (Å²) in [6.07, 6.45) is 2.49. The van der Waals surface area contributed by atoms with E-state index in [9.17, 15) is 24.1 Å². The second-order valence-corrected chi connectivity index (χ2v) is 7.15. The first-order valence-corrected chi connectivity index (χ1v) is 9.30. The Balaban J connectivity index is 1.67. The Labute approximate surface area is 167 Å². The quantitative estimate of drug-likeness (QED) is 0.448. The van der Waals surface area contributed by atoms with Gasteiger partial charge in [0.25, 0.3) is 11.6 Å². The topological polar surface area (TPSA) is 98.5 Å². The number of benzene rings is 2. The Kier molecular flexibility index (Phi) is 5.91. The lowest BCUT2D eigenvalue weighted by Crippen LogP contribution is -2.37. The monoisotopic (exact) mass is 400 g/mol. The van der Waals surface area contributed by atoms with E-state index in [4.69, 9.17) is 4.74 Å². The molecule has 1 aliphatic rings. The number of esters is 1. The molecule has 0 saturated heterocycles. The molecule has 0 bridgehead atoms. The van der Waals surface area contributed by atoms with Gasteiger partial charge in [0.15, 0.2) is 6.61 Å². The zero-order valence-electron chi connectivity index (χ0n) is 15.9. The highest BCUT2D eigenvalue weighted by Crippen LogP contribution is 2.43. The molecule has 0 aromatic heterocycles. The average Bonchev–Trinajstić information content (AvgIpc) is 3.19. The maximum atomic E-state index is 14.3. The minimum Gasteiger partial charge on any atom is -0.455 e. The highest BCUT2D eigenvalue weighted by atomic mass is 19.1. The summed E-state index contributed by atoms with van der Waals surface area (Å²) in [5.74, 6) is -1.65. The van der Waals surface area contributed by atoms with Gasteiger partial charge in [-0.1, -0.05) is 31.0 Å². The SMILES string of the molecule is Cc1cc([N+](=O)[O-])ccc1NC(=O)COC(=O)C1(c2ccccc2F)CCCC1. The highest BCUT2D eigenvalue weighted by molar-refractivity contribution is 5.94. The number of aryl methyl sites for hydroxylation is 1. The van der Waals surface area contributed by atoms with Crippen molar-refractivity contribution in [3.05, 3.63) is 69.5 Å². The van der Waals surface area contributed by atoms with Crippen molar-refractivity contribution in [3.8, 4) is 0 Å². The number of hydrogen-bond donors (Lipinski definition) is 1. The molecule has 8 heteroatoms. The number of rotatable bonds is 6. The van der Waals surface area contributed by atoms with Crippen LogP contribution in [0.25, 0.3) is 0 Å². The Morgan fingerprint density at radius 1 is 1.21 bits per heavy atom. The second-order valence-electron chi connectivity index (χ2n) is 7.15. The molecule has 0 aliphatic heterocycles. The maximum absolute atomic E-state index is 14.3. The highest BCUT2D eigenvalue weighted by Gasteiger charge is 2.45. The van der Waals surface area contributed by atoms with Crippen molar-refractivity contribution >= 4 is 23.3 Å². The second kappa shape index (κ2) is 8.38. The smallest absolute Gasteiger partial charge is 0.317 e. The van der Waals surface area contributed by atoms with Gasteiger partial charge in [-0.25, -0.2) is 4.39 Å². The average molecular weight is 400 g/mol. The Hall–Kier alpha value is -3.29. The van der Waals surface area contributed by atoms with Crippen molar-refractivity contribution in [3.63, 3.8) is 0 Å². The molecular weight excluding hydrogens is 379 g/mol. The van der Waals surface area contributed by atoms with E-state index in [1.165, 1.54) is 24.3 Å². The molecule has 29 heavy (non-hydrogen) atoms. The van der Waals surface area contributed by atoms with Crippen molar-refractivity contribution in [2.75, 3.05) is 11.9 Å². The van der Waals surface area contributed by atoms with Crippen LogP contribution in [0.4, 0.5) is 15.8 Å². The van der Waals surface area contributed by atoms with E-state index in [0.29, 0.717) is 29.7 Å². The lowest BCUT2D eigenvalue weighted by atomic mass is 9.78. The van der Waals surface area contributed by atoms with E-state index in [1.54, 1.807) is 25.1 Å². The largest absolute Gasteiger partial charge is 0.455 e. The minimum absolute atomic E-state index is 0.0833. The molecule has 0 heterocycles. The number of hydrogen-bond acceptors (Lipinski definition) is 5. The molecule has 1 aliphatic carbocycles. The number of nitro benzene ring substituents is 1. The first-order valence-electron chi connectivity index (χ1n) is 9.30. The molecule has 0 spiro atoms. The van der Waals surface area contributed by atoms with Crippen LogP contribution in [0.1, 0.15) is 36.8 Å². The van der Waals surface area contributed by atoms with Crippen LogP contribution in [0.5, 0.6) is 0 Å². The first kappa shape index (κ1) is 20.4. The number of carbonyl (C=O) groups is 2. The van der Waals surface area contributed by atoms with E-state index in [0.717, 1.165) is 12.8 Å². The van der Waals surface area contributed by atoms with Crippen LogP contribution in [0.15, 0.2) is 42.5 Å². The lowest BCUT2D eigenvalue weighted by molar-refractivity contribution is -0.384. The molecule has 1 saturated carbocycles. The number of amides is 1. The fraction of sp³-hybridized carbons (Fsp3) is 0.333. The van der Waals surface area contributed by atoms with Gasteiger partial charge >= 0.3 is 5.97 Å². The predicted octanol–water partition coefficient (Wildman–Crippen LogP) is 4.04. The van der Waals surface area contributed by atoms with Gasteiger partial charge < -0.3 is 10.1 Å². The third kappa shape index (κ3) is 4.26. The first-order chi connectivity index (χ1) is 13.8. The molecule has 0 atom stereocenters. The summed E-state index contributed by atoms with van der Waals surface area (Å²) < 4.78 is 19.6. The van der Waals surface area contributed by atoms with Gasteiger partial charge in [-0.2, -0.15) is 0 Å². The van der Waals surface area contributed by atoms with E-state index in [2.05, 4.69) is 5.32 Å². The number of anilines is 1. The number of nitro groups is 1. The standard InChI is InChI=1S/C21H21FN2O5/c1-14-12-15(24(27)28)8-9-18(14)23-19(25)13-29-20(26)21(10-4-5-11-21)16-6-2-3-7-17(16)22/h2-3,6-9,12H,4-5,10-11,13H2,1H3,(H,23,25). The molecule has 0 radical (unpaired) electrons. The van der Waals surface area contributed by atoms with Crippen LogP contribution >= 0.6 is 0 Å². The Morgan fingerprint density at radius 3 is 2.52 bits per heavy atom. The van der Waals surface area contributed by atoms with Crippen molar-refractivity contribution in [2.45, 2.75) is 38.0 Å². The number of nitrogens with zero attached hydrogens (tertiary/aromatic N) is 1. The summed E-state index contributed by atoms with van der Waals surface area (Å²) in [5, 5.41) is 13.4. The van der Waals surface area contributed by atoms with E-state index < -0.39 is 34.6 Å². The summed E-state index contributed by atoms with van der Waals surface area (Å²) >= 11 is 0. The third-order valence-electron chi connectivity index (χ3n) is 5.27. The number of ether oxygens (including phenoxy) is 1. The van der Waals surface area contributed by atoms with Crippen LogP contribution in [0.2, 0.25) is 0 Å². The van der Waals surface area contributed by atoms with Crippen LogP contribution in [0, 0.1) is 22.9 Å². The Bertz CT molecular complexity index is 954. The summed E-state index contributed by atoms with van der Waals surface area (Å²) in [6.45, 7) is 1.10. The van der Waals surface area contributed by atoms with Gasteiger partial charge in [-0.15, -0.1) is 0 Å². The zero-order valence-corrected chi connectivity index (χ0v) is 15.9. The molecule has 1 N–H and O–H groups in total. The van der Waals surface area contributed by atoms with Crippen LogP contribution < -0.4 is 5.32 Å². The predicted molar refractivity (Wildman–Crippen MR) is 104 cm³/mol. The summed E-state index contributed by atoms with van der Waals surface area (Å²) in [4.78, 5) is 35.3.